The third-order valence-electron chi connectivity index (χ3n) is 5.86. The maximum atomic E-state index is 10.4. The van der Waals surface area contributed by atoms with E-state index in [9.17, 15) is 13.5 Å². The lowest BCUT2D eigenvalue weighted by Gasteiger charge is -2.15. The van der Waals surface area contributed by atoms with Crippen LogP contribution in [-0.4, -0.2) is 41.2 Å². The molecule has 2 aromatic heterocycles. The molecule has 3 atom stereocenters. The predicted molar refractivity (Wildman–Crippen MR) is 117 cm³/mol. The fourth-order valence-electron chi connectivity index (χ4n) is 4.25. The number of aliphatic hydroxyl groups excluding tert-OH is 1. The first-order chi connectivity index (χ1) is 14.9. The molecule has 31 heavy (non-hydrogen) atoms. The number of fused-ring (bicyclic) bond motifs is 2. The first-order valence-electron chi connectivity index (χ1n) is 10.4. The van der Waals surface area contributed by atoms with Gasteiger partial charge in [0.2, 0.25) is 0 Å². The van der Waals surface area contributed by atoms with Crippen LogP contribution in [0.3, 0.4) is 0 Å². The molecular formula is C21H27N5O4S. The van der Waals surface area contributed by atoms with Crippen molar-refractivity contribution in [2.45, 2.75) is 44.2 Å². The zero-order valence-corrected chi connectivity index (χ0v) is 17.9. The van der Waals surface area contributed by atoms with Gasteiger partial charge >= 0.3 is 10.3 Å². The number of rotatable bonds is 5. The number of hydrogen-bond acceptors (Lipinski definition) is 7. The first-order valence-corrected chi connectivity index (χ1v) is 11.9. The molecule has 0 unspecified atom stereocenters. The van der Waals surface area contributed by atoms with Crippen molar-refractivity contribution in [1.29, 1.82) is 0 Å². The molecule has 1 aromatic carbocycles. The molecule has 9 nitrogen and oxygen atoms in total. The number of H-pyrrole nitrogens is 1. The summed E-state index contributed by atoms with van der Waals surface area (Å²) in [6, 6.07) is 11.0. The molecule has 2 aliphatic carbocycles. The number of hydrogen-bond donors (Lipinski definition) is 4. The van der Waals surface area contributed by atoms with E-state index in [1.165, 1.54) is 11.1 Å². The van der Waals surface area contributed by atoms with Gasteiger partial charge in [0.25, 0.3) is 0 Å². The third-order valence-corrected chi connectivity index (χ3v) is 6.33. The van der Waals surface area contributed by atoms with Crippen molar-refractivity contribution in [1.82, 2.24) is 15.0 Å². The van der Waals surface area contributed by atoms with Crippen LogP contribution in [0.1, 0.15) is 42.9 Å². The van der Waals surface area contributed by atoms with E-state index in [0.717, 1.165) is 49.0 Å². The lowest BCUT2D eigenvalue weighted by molar-refractivity contribution is 0.101. The average molecular weight is 446 g/mol. The Kier molecular flexibility index (Phi) is 6.51. The number of nitrogens with two attached hydrogens (primary N) is 1. The number of aliphatic hydroxyl groups is 1. The summed E-state index contributed by atoms with van der Waals surface area (Å²) in [6.07, 6.45) is 7.75. The van der Waals surface area contributed by atoms with Crippen molar-refractivity contribution in [3.05, 3.63) is 54.0 Å². The van der Waals surface area contributed by atoms with E-state index in [4.69, 9.17) is 0 Å². The van der Waals surface area contributed by atoms with E-state index >= 15 is 0 Å². The Morgan fingerprint density at radius 1 is 1.19 bits per heavy atom. The minimum Gasteiger partial charge on any atom is -0.393 e. The molecule has 0 radical (unpaired) electrons. The second-order valence-corrected chi connectivity index (χ2v) is 9.15. The highest BCUT2D eigenvalue weighted by molar-refractivity contribution is 7.84. The second-order valence-electron chi connectivity index (χ2n) is 7.93. The van der Waals surface area contributed by atoms with Gasteiger partial charge in [0.1, 0.15) is 17.8 Å². The van der Waals surface area contributed by atoms with Gasteiger partial charge in [-0.05, 0) is 42.9 Å². The Bertz CT molecular complexity index is 1130. The van der Waals surface area contributed by atoms with Crippen LogP contribution in [0.15, 0.2) is 42.9 Å². The normalized spacial score (nSPS) is 22.7. The lowest BCUT2D eigenvalue weighted by Crippen LogP contribution is -2.24. The summed E-state index contributed by atoms with van der Waals surface area (Å²) in [4.78, 5) is 11.7. The van der Waals surface area contributed by atoms with E-state index < -0.39 is 16.4 Å². The van der Waals surface area contributed by atoms with Gasteiger partial charge < -0.3 is 15.4 Å². The molecule has 1 saturated carbocycles. The van der Waals surface area contributed by atoms with E-state index in [1.54, 1.807) is 6.33 Å². The van der Waals surface area contributed by atoms with Gasteiger partial charge in [-0.1, -0.05) is 30.7 Å². The minimum atomic E-state index is -3.85. The van der Waals surface area contributed by atoms with Crippen LogP contribution in [0.4, 0.5) is 5.82 Å². The van der Waals surface area contributed by atoms with Crippen molar-refractivity contribution >= 4 is 27.2 Å². The van der Waals surface area contributed by atoms with E-state index in [2.05, 4.69) is 53.9 Å². The molecule has 166 valence electrons. The highest BCUT2D eigenvalue weighted by atomic mass is 32.2. The van der Waals surface area contributed by atoms with Gasteiger partial charge in [-0.15, -0.1) is 0 Å². The summed E-state index contributed by atoms with van der Waals surface area (Å²) in [5, 5.41) is 18.5. The molecular weight excluding hydrogens is 418 g/mol. The fraction of sp³-hybridized carbons (Fsp3) is 0.429. The summed E-state index contributed by atoms with van der Waals surface area (Å²) in [5.41, 5.74) is 3.72. The number of aryl methyl sites for hydroxylation is 1. The molecule has 3 aromatic rings. The van der Waals surface area contributed by atoms with Gasteiger partial charge in [0.15, 0.2) is 0 Å². The summed E-state index contributed by atoms with van der Waals surface area (Å²) in [7, 11) is -3.85. The molecule has 0 amide bonds. The molecule has 0 bridgehead atoms. The van der Waals surface area contributed by atoms with Gasteiger partial charge in [-0.25, -0.2) is 15.1 Å². The van der Waals surface area contributed by atoms with Crippen LogP contribution in [0, 0.1) is 5.92 Å². The molecule has 0 spiro atoms. The quantitative estimate of drug-likeness (QED) is 0.472. The number of aromatic amines is 1. The third kappa shape index (κ3) is 5.40. The first kappa shape index (κ1) is 21.7. The Labute approximate surface area is 181 Å². The topological polar surface area (TPSA) is 143 Å². The standard InChI is InChI=1S/C15H14N4.C6H13NO4S/c1-2-4-11-10(3-1)5-6-13(11)19-15-12-7-8-16-14(12)17-9-18-15;7-12(9,10)11-4-5-2-1-3-6(5)8/h1-4,7-9,13H,5-6H2,(H2,16,17,18,19);5-6,8H,1-4H2,(H2,7,9,10)/t13-;5-,6-/m00/s1. The van der Waals surface area contributed by atoms with Gasteiger partial charge in [-0.3, -0.25) is 4.18 Å². The number of anilines is 1. The molecule has 1 fully saturated rings. The molecule has 5 N–H and O–H groups in total. The van der Waals surface area contributed by atoms with Crippen LogP contribution in [0.5, 0.6) is 0 Å². The van der Waals surface area contributed by atoms with Crippen molar-refractivity contribution in [3.8, 4) is 0 Å². The average Bonchev–Trinajstić information content (AvgIpc) is 3.47. The van der Waals surface area contributed by atoms with Crippen LogP contribution in [0.2, 0.25) is 0 Å². The number of nitrogens with one attached hydrogen (secondary N) is 2. The Morgan fingerprint density at radius 3 is 2.81 bits per heavy atom. The van der Waals surface area contributed by atoms with Gasteiger partial charge in [0.05, 0.1) is 24.1 Å². The lowest BCUT2D eigenvalue weighted by atomic mass is 10.1. The molecule has 5 rings (SSSR count). The zero-order valence-electron chi connectivity index (χ0n) is 17.1. The fourth-order valence-corrected chi connectivity index (χ4v) is 4.62. The summed E-state index contributed by atoms with van der Waals surface area (Å²) in [6.45, 7) is 0.000000000000000222. The number of aromatic nitrogens is 3. The number of nitrogens with zero attached hydrogens (tertiary/aromatic N) is 2. The Morgan fingerprint density at radius 2 is 2.03 bits per heavy atom. The van der Waals surface area contributed by atoms with Gasteiger partial charge in [-0.2, -0.15) is 8.42 Å². The van der Waals surface area contributed by atoms with Crippen LogP contribution < -0.4 is 10.5 Å². The van der Waals surface area contributed by atoms with Gasteiger partial charge in [0, 0.05) is 12.1 Å². The molecule has 0 saturated heterocycles. The second kappa shape index (κ2) is 9.31. The maximum absolute atomic E-state index is 10.4. The van der Waals surface area contributed by atoms with Crippen LogP contribution in [-0.2, 0) is 20.9 Å². The SMILES string of the molecule is NS(=O)(=O)OC[C@@H]1CCC[C@@H]1O.c1ccc2c(c1)CC[C@@H]2Nc1ncnc2[nH]ccc12. The molecule has 2 heterocycles. The van der Waals surface area contributed by atoms with Crippen LogP contribution >= 0.6 is 0 Å². The largest absolute Gasteiger partial charge is 0.393 e. The summed E-state index contributed by atoms with van der Waals surface area (Å²) < 4.78 is 25.1. The Hall–Kier alpha value is -2.53. The molecule has 10 heteroatoms. The number of benzene rings is 1. The monoisotopic (exact) mass is 445 g/mol. The van der Waals surface area contributed by atoms with E-state index in [0.29, 0.717) is 6.04 Å². The molecule has 2 aliphatic rings. The Balaban J connectivity index is 0.000000168. The van der Waals surface area contributed by atoms with E-state index in [1.807, 2.05) is 12.3 Å². The predicted octanol–water partition coefficient (Wildman–Crippen LogP) is 2.42. The summed E-state index contributed by atoms with van der Waals surface area (Å²) >= 11 is 0. The highest BCUT2D eigenvalue weighted by Crippen LogP contribution is 2.34. The molecule has 0 aliphatic heterocycles. The van der Waals surface area contributed by atoms with E-state index in [-0.39, 0.29) is 12.5 Å². The van der Waals surface area contributed by atoms with Crippen molar-refractivity contribution in [2.75, 3.05) is 11.9 Å². The van der Waals surface area contributed by atoms with Crippen molar-refractivity contribution in [3.63, 3.8) is 0 Å². The maximum Gasteiger partial charge on any atom is 0.333 e. The van der Waals surface area contributed by atoms with Crippen LogP contribution in [0.25, 0.3) is 11.0 Å². The zero-order chi connectivity index (χ0) is 21.8. The van der Waals surface area contributed by atoms with Crippen molar-refractivity contribution in [2.24, 2.45) is 11.1 Å². The highest BCUT2D eigenvalue weighted by Gasteiger charge is 2.26. The minimum absolute atomic E-state index is 0.000000000000000222. The van der Waals surface area contributed by atoms with Crippen molar-refractivity contribution < 1.29 is 17.7 Å². The smallest absolute Gasteiger partial charge is 0.333 e. The summed E-state index contributed by atoms with van der Waals surface area (Å²) in [5.74, 6) is 0.830.